The Bertz CT molecular complexity index is 1750. The van der Waals surface area contributed by atoms with Crippen molar-refractivity contribution in [3.8, 4) is 0 Å². The van der Waals surface area contributed by atoms with Crippen LogP contribution >= 0.6 is 23.1 Å². The van der Waals surface area contributed by atoms with Crippen LogP contribution in [0.1, 0.15) is 44.2 Å². The summed E-state index contributed by atoms with van der Waals surface area (Å²) >= 11 is 2.58. The van der Waals surface area contributed by atoms with Crippen LogP contribution < -0.4 is 21.3 Å². The molecule has 2 amide bonds. The van der Waals surface area contributed by atoms with Crippen LogP contribution in [0.25, 0.3) is 10.2 Å². The van der Waals surface area contributed by atoms with Gasteiger partial charge < -0.3 is 10.6 Å². The van der Waals surface area contributed by atoms with E-state index in [9.17, 15) is 22.8 Å². The van der Waals surface area contributed by atoms with Gasteiger partial charge in [-0.15, -0.1) is 11.3 Å². The molecular formula is C30H35N5O5S3. The lowest BCUT2D eigenvalue weighted by Crippen LogP contribution is -2.29. The fourth-order valence-electron chi connectivity index (χ4n) is 4.50. The predicted octanol–water partition coefficient (Wildman–Crippen LogP) is 4.32. The zero-order chi connectivity index (χ0) is 31.0. The van der Waals surface area contributed by atoms with Gasteiger partial charge in [0.2, 0.25) is 21.8 Å². The fourth-order valence-corrected chi connectivity index (χ4v) is 6.84. The number of nitrogens with zero attached hydrogens (tertiary/aromatic N) is 2. The Balaban J connectivity index is 1.38. The first-order valence-electron chi connectivity index (χ1n) is 14.0. The number of aryl methyl sites for hydroxylation is 1. The molecule has 10 nitrogen and oxygen atoms in total. The highest BCUT2D eigenvalue weighted by Gasteiger charge is 2.23. The van der Waals surface area contributed by atoms with Crippen molar-refractivity contribution in [2.75, 3.05) is 11.9 Å². The summed E-state index contributed by atoms with van der Waals surface area (Å²) in [5.74, 6) is -0.313. The van der Waals surface area contributed by atoms with E-state index in [1.807, 2.05) is 43.5 Å². The van der Waals surface area contributed by atoms with Crippen LogP contribution in [0.5, 0.6) is 0 Å². The summed E-state index contributed by atoms with van der Waals surface area (Å²) < 4.78 is 24.9. The van der Waals surface area contributed by atoms with Crippen LogP contribution in [-0.4, -0.2) is 41.6 Å². The second-order valence-electron chi connectivity index (χ2n) is 9.89. The van der Waals surface area contributed by atoms with Crippen molar-refractivity contribution in [2.45, 2.75) is 67.8 Å². The molecule has 0 saturated carbocycles. The van der Waals surface area contributed by atoms with Crippen molar-refractivity contribution < 1.29 is 18.0 Å². The highest BCUT2D eigenvalue weighted by Crippen LogP contribution is 2.28. The van der Waals surface area contributed by atoms with Gasteiger partial charge in [0.25, 0.3) is 5.56 Å². The number of anilines is 1. The number of aromatic nitrogens is 2. The number of primary sulfonamides is 1. The number of carbonyl (C=O) groups is 2. The lowest BCUT2D eigenvalue weighted by atomic mass is 10.1. The SMILES string of the molecule is CCc1ccccc1NC(=O)[C@H](CC)Sc1nc2ccsc2c(=O)n1CCCC(=O)NCCc1ccc(S(N)(=O)=O)cc1. The molecule has 1 atom stereocenters. The van der Waals surface area contributed by atoms with E-state index >= 15 is 0 Å². The lowest BCUT2D eigenvalue weighted by molar-refractivity contribution is -0.121. The molecule has 2 aromatic carbocycles. The van der Waals surface area contributed by atoms with E-state index in [0.29, 0.717) is 41.2 Å². The fraction of sp³-hybridized carbons (Fsp3) is 0.333. The number of hydrogen-bond acceptors (Lipinski definition) is 8. The molecule has 0 saturated heterocycles. The van der Waals surface area contributed by atoms with Gasteiger partial charge in [0.05, 0.1) is 15.7 Å². The Labute approximate surface area is 259 Å². The molecule has 4 N–H and O–H groups in total. The van der Waals surface area contributed by atoms with Crippen molar-refractivity contribution in [3.63, 3.8) is 0 Å². The van der Waals surface area contributed by atoms with Crippen LogP contribution in [0.4, 0.5) is 5.69 Å². The molecule has 43 heavy (non-hydrogen) atoms. The highest BCUT2D eigenvalue weighted by molar-refractivity contribution is 8.00. The van der Waals surface area contributed by atoms with Crippen molar-refractivity contribution in [2.24, 2.45) is 5.14 Å². The number of benzene rings is 2. The smallest absolute Gasteiger partial charge is 0.272 e. The highest BCUT2D eigenvalue weighted by atomic mass is 32.2. The van der Waals surface area contributed by atoms with E-state index in [-0.39, 0.29) is 35.2 Å². The number of hydrogen-bond donors (Lipinski definition) is 3. The molecule has 0 aliphatic carbocycles. The molecule has 4 aromatic rings. The first-order chi connectivity index (χ1) is 20.6. The second-order valence-corrected chi connectivity index (χ2v) is 13.5. The number of thioether (sulfide) groups is 1. The molecule has 4 rings (SSSR count). The van der Waals surface area contributed by atoms with Crippen molar-refractivity contribution >= 4 is 60.8 Å². The van der Waals surface area contributed by atoms with Gasteiger partial charge in [-0.1, -0.05) is 55.9 Å². The minimum Gasteiger partial charge on any atom is -0.356 e. The quantitative estimate of drug-likeness (QED) is 0.137. The minimum atomic E-state index is -3.75. The van der Waals surface area contributed by atoms with E-state index in [4.69, 9.17) is 10.1 Å². The number of thiophene rings is 1. The van der Waals surface area contributed by atoms with Crippen molar-refractivity contribution in [3.05, 3.63) is 81.5 Å². The van der Waals surface area contributed by atoms with E-state index in [2.05, 4.69) is 10.6 Å². The Hall–Kier alpha value is -3.52. The van der Waals surface area contributed by atoms with Crippen LogP contribution in [0.3, 0.4) is 0 Å². The number of amides is 2. The van der Waals surface area contributed by atoms with Crippen LogP contribution in [0.15, 0.2) is 74.8 Å². The largest absolute Gasteiger partial charge is 0.356 e. The summed E-state index contributed by atoms with van der Waals surface area (Å²) in [4.78, 5) is 43.9. The summed E-state index contributed by atoms with van der Waals surface area (Å²) in [6, 6.07) is 15.7. The summed E-state index contributed by atoms with van der Waals surface area (Å²) in [6.07, 6.45) is 2.47. The molecular weight excluding hydrogens is 607 g/mol. The number of carbonyl (C=O) groups excluding carboxylic acids is 2. The monoisotopic (exact) mass is 641 g/mol. The average Bonchev–Trinajstić information content (AvgIpc) is 3.46. The van der Waals surface area contributed by atoms with Crippen molar-refractivity contribution in [1.29, 1.82) is 0 Å². The van der Waals surface area contributed by atoms with Gasteiger partial charge in [0.1, 0.15) is 4.70 Å². The molecule has 0 spiro atoms. The number of fused-ring (bicyclic) bond motifs is 1. The zero-order valence-electron chi connectivity index (χ0n) is 24.0. The first kappa shape index (κ1) is 32.4. The van der Waals surface area contributed by atoms with Gasteiger partial charge in [0.15, 0.2) is 5.16 Å². The van der Waals surface area contributed by atoms with Gasteiger partial charge in [-0.3, -0.25) is 19.0 Å². The molecule has 0 aliphatic rings. The van der Waals surface area contributed by atoms with Gasteiger partial charge in [-0.25, -0.2) is 18.5 Å². The van der Waals surface area contributed by atoms with E-state index in [1.165, 1.54) is 35.2 Å². The Kier molecular flexibility index (Phi) is 11.1. The third kappa shape index (κ3) is 8.53. The Morgan fingerprint density at radius 3 is 2.53 bits per heavy atom. The summed E-state index contributed by atoms with van der Waals surface area (Å²) in [7, 11) is -3.75. The third-order valence-electron chi connectivity index (χ3n) is 6.87. The topological polar surface area (TPSA) is 153 Å². The van der Waals surface area contributed by atoms with Crippen LogP contribution in [-0.2, 0) is 39.0 Å². The summed E-state index contributed by atoms with van der Waals surface area (Å²) in [5.41, 5.74) is 3.10. The minimum absolute atomic E-state index is 0.0380. The molecule has 2 aromatic heterocycles. The molecule has 0 unspecified atom stereocenters. The third-order valence-corrected chi connectivity index (χ3v) is 10.0. The van der Waals surface area contributed by atoms with E-state index in [1.54, 1.807) is 22.8 Å². The Morgan fingerprint density at radius 1 is 1.09 bits per heavy atom. The van der Waals surface area contributed by atoms with Crippen molar-refractivity contribution in [1.82, 2.24) is 14.9 Å². The number of nitrogens with one attached hydrogen (secondary N) is 2. The van der Waals surface area contributed by atoms with E-state index in [0.717, 1.165) is 23.2 Å². The maximum absolute atomic E-state index is 13.4. The predicted molar refractivity (Wildman–Crippen MR) is 172 cm³/mol. The zero-order valence-corrected chi connectivity index (χ0v) is 26.5. The number of para-hydroxylation sites is 1. The number of nitrogens with two attached hydrogens (primary N) is 1. The standard InChI is InChI=1S/C30H35N5O5S3/c1-3-21-8-5-6-9-23(21)33-28(37)25(4-2)42-30-34-24-16-19-41-27(24)29(38)35(30)18-7-10-26(36)32-17-15-20-11-13-22(14-12-20)43(31,39)40/h5-6,8-9,11-14,16,19,25H,3-4,7,10,15,17-18H2,1-2H3,(H,32,36)(H,33,37)(H2,31,39,40)/t25-/m0/s1. The number of rotatable bonds is 14. The molecule has 228 valence electrons. The maximum atomic E-state index is 13.4. The lowest BCUT2D eigenvalue weighted by Gasteiger charge is -2.18. The second kappa shape index (κ2) is 14.8. The van der Waals surface area contributed by atoms with Gasteiger partial charge in [-0.2, -0.15) is 0 Å². The molecule has 0 radical (unpaired) electrons. The molecule has 0 bridgehead atoms. The van der Waals surface area contributed by atoms with Gasteiger partial charge in [0, 0.05) is 25.2 Å². The molecule has 2 heterocycles. The van der Waals surface area contributed by atoms with Crippen LogP contribution in [0.2, 0.25) is 0 Å². The average molecular weight is 642 g/mol. The molecule has 13 heteroatoms. The molecule has 0 fully saturated rings. The molecule has 0 aliphatic heterocycles. The normalized spacial score (nSPS) is 12.3. The van der Waals surface area contributed by atoms with E-state index < -0.39 is 15.3 Å². The Morgan fingerprint density at radius 2 is 1.84 bits per heavy atom. The maximum Gasteiger partial charge on any atom is 0.272 e. The summed E-state index contributed by atoms with van der Waals surface area (Å²) in [5, 5.41) is 12.8. The number of sulfonamides is 1. The van der Waals surface area contributed by atoms with Crippen LogP contribution in [0, 0.1) is 0 Å². The van der Waals surface area contributed by atoms with Gasteiger partial charge in [-0.05, 0) is 66.5 Å². The summed E-state index contributed by atoms with van der Waals surface area (Å²) in [6.45, 7) is 4.62. The first-order valence-corrected chi connectivity index (χ1v) is 17.3. The van der Waals surface area contributed by atoms with Gasteiger partial charge >= 0.3 is 0 Å².